The Morgan fingerprint density at radius 1 is 1.16 bits per heavy atom. The third-order valence-corrected chi connectivity index (χ3v) is 3.33. The highest BCUT2D eigenvalue weighted by atomic mass is 79.9. The van der Waals surface area contributed by atoms with Crippen molar-refractivity contribution in [1.29, 1.82) is 0 Å². The molecule has 0 saturated heterocycles. The first-order valence-corrected chi connectivity index (χ1v) is 7.02. The van der Waals surface area contributed by atoms with E-state index in [0.29, 0.717) is 11.1 Å². The van der Waals surface area contributed by atoms with Gasteiger partial charge in [-0.3, -0.25) is 0 Å². The summed E-state index contributed by atoms with van der Waals surface area (Å²) in [6, 6.07) is 12.3. The van der Waals surface area contributed by atoms with Crippen molar-refractivity contribution in [3.05, 3.63) is 53.8 Å². The highest BCUT2D eigenvalue weighted by Crippen LogP contribution is 2.29. The van der Waals surface area contributed by atoms with Crippen molar-refractivity contribution in [1.82, 2.24) is 0 Å². The first-order valence-electron chi connectivity index (χ1n) is 5.90. The second-order valence-electron chi connectivity index (χ2n) is 4.38. The zero-order chi connectivity index (χ0) is 13.8. The molecule has 0 heterocycles. The van der Waals surface area contributed by atoms with Crippen molar-refractivity contribution in [2.45, 2.75) is 5.33 Å². The van der Waals surface area contributed by atoms with Crippen molar-refractivity contribution in [2.24, 2.45) is 0 Å². The highest BCUT2D eigenvalue weighted by molar-refractivity contribution is 9.08. The van der Waals surface area contributed by atoms with Gasteiger partial charge in [-0.05, 0) is 30.3 Å². The van der Waals surface area contributed by atoms with Crippen LogP contribution in [0.15, 0.2) is 42.5 Å². The number of benzene rings is 2. The summed E-state index contributed by atoms with van der Waals surface area (Å²) >= 11 is 3.34. The minimum atomic E-state index is -0.260. The molecule has 0 aromatic heterocycles. The van der Waals surface area contributed by atoms with Gasteiger partial charge in [-0.1, -0.05) is 22.0 Å². The highest BCUT2D eigenvalue weighted by Gasteiger charge is 2.06. The first-order chi connectivity index (χ1) is 9.10. The van der Waals surface area contributed by atoms with Gasteiger partial charge >= 0.3 is 0 Å². The zero-order valence-electron chi connectivity index (χ0n) is 10.9. The average Bonchev–Trinajstić information content (AvgIpc) is 2.41. The summed E-state index contributed by atoms with van der Waals surface area (Å²) in [5.41, 5.74) is 1.84. The van der Waals surface area contributed by atoms with E-state index in [1.54, 1.807) is 6.07 Å². The van der Waals surface area contributed by atoms with Gasteiger partial charge in [0.05, 0.1) is 0 Å². The molecular formula is C15H15BrFNO. The van der Waals surface area contributed by atoms with E-state index >= 15 is 0 Å². The fourth-order valence-electron chi connectivity index (χ4n) is 1.70. The van der Waals surface area contributed by atoms with E-state index in [0.717, 1.165) is 17.0 Å². The SMILES string of the molecule is CN(C)c1cccc(Oc2ccc(F)cc2CBr)c1. The van der Waals surface area contributed by atoms with Gasteiger partial charge < -0.3 is 9.64 Å². The van der Waals surface area contributed by atoms with Crippen LogP contribution in [0.5, 0.6) is 11.5 Å². The van der Waals surface area contributed by atoms with Crippen molar-refractivity contribution in [3.8, 4) is 11.5 Å². The molecule has 2 aromatic carbocycles. The largest absolute Gasteiger partial charge is 0.457 e. The standard InChI is InChI=1S/C15H15BrFNO/c1-18(2)13-4-3-5-14(9-13)19-15-7-6-12(17)8-11(15)10-16/h3-9H,10H2,1-2H3. The summed E-state index contributed by atoms with van der Waals surface area (Å²) in [6.07, 6.45) is 0. The predicted molar refractivity (Wildman–Crippen MR) is 79.9 cm³/mol. The van der Waals surface area contributed by atoms with Crippen molar-refractivity contribution in [2.75, 3.05) is 19.0 Å². The number of alkyl halides is 1. The number of rotatable bonds is 4. The van der Waals surface area contributed by atoms with E-state index < -0.39 is 0 Å². The molecule has 0 spiro atoms. The van der Waals surface area contributed by atoms with Crippen LogP contribution >= 0.6 is 15.9 Å². The molecule has 0 N–H and O–H groups in total. The lowest BCUT2D eigenvalue weighted by molar-refractivity contribution is 0.476. The first kappa shape index (κ1) is 13.9. The fraction of sp³-hybridized carbons (Fsp3) is 0.200. The summed E-state index contributed by atoms with van der Waals surface area (Å²) in [5.74, 6) is 1.14. The summed E-state index contributed by atoms with van der Waals surface area (Å²) in [7, 11) is 3.95. The molecule has 19 heavy (non-hydrogen) atoms. The van der Waals surface area contributed by atoms with Crippen molar-refractivity contribution >= 4 is 21.6 Å². The van der Waals surface area contributed by atoms with Crippen LogP contribution in [0.2, 0.25) is 0 Å². The normalized spacial score (nSPS) is 10.3. The zero-order valence-corrected chi connectivity index (χ0v) is 12.4. The van der Waals surface area contributed by atoms with Gasteiger partial charge in [-0.25, -0.2) is 4.39 Å². The maximum Gasteiger partial charge on any atom is 0.131 e. The number of nitrogens with zero attached hydrogens (tertiary/aromatic N) is 1. The Labute approximate surface area is 120 Å². The Bertz CT molecular complexity index is 572. The molecule has 0 unspecified atom stereocenters. The fourth-order valence-corrected chi connectivity index (χ4v) is 2.14. The van der Waals surface area contributed by atoms with Crippen LogP contribution in [0.1, 0.15) is 5.56 Å². The molecule has 2 rings (SSSR count). The van der Waals surface area contributed by atoms with E-state index in [2.05, 4.69) is 15.9 Å². The van der Waals surface area contributed by atoms with Crippen LogP contribution in [-0.4, -0.2) is 14.1 Å². The molecule has 0 aliphatic carbocycles. The van der Waals surface area contributed by atoms with Crippen LogP contribution in [0, 0.1) is 5.82 Å². The molecule has 0 aliphatic heterocycles. The molecule has 0 radical (unpaired) electrons. The molecule has 2 aromatic rings. The Hall–Kier alpha value is -1.55. The lowest BCUT2D eigenvalue weighted by Crippen LogP contribution is -2.08. The Morgan fingerprint density at radius 2 is 1.95 bits per heavy atom. The van der Waals surface area contributed by atoms with Crippen LogP contribution < -0.4 is 9.64 Å². The predicted octanol–water partition coefficient (Wildman–Crippen LogP) is 4.58. The second kappa shape index (κ2) is 6.06. The maximum absolute atomic E-state index is 13.2. The van der Waals surface area contributed by atoms with E-state index in [9.17, 15) is 4.39 Å². The van der Waals surface area contributed by atoms with Crippen LogP contribution in [0.25, 0.3) is 0 Å². The molecule has 0 aliphatic rings. The minimum Gasteiger partial charge on any atom is -0.457 e. The maximum atomic E-state index is 13.2. The third kappa shape index (κ3) is 3.47. The lowest BCUT2D eigenvalue weighted by atomic mass is 10.2. The molecule has 0 amide bonds. The third-order valence-electron chi connectivity index (χ3n) is 2.73. The summed E-state index contributed by atoms with van der Waals surface area (Å²) < 4.78 is 19.0. The lowest BCUT2D eigenvalue weighted by Gasteiger charge is -2.15. The molecule has 2 nitrogen and oxygen atoms in total. The van der Waals surface area contributed by atoms with Crippen molar-refractivity contribution < 1.29 is 9.13 Å². The summed E-state index contributed by atoms with van der Waals surface area (Å²) in [6.45, 7) is 0. The van der Waals surface area contributed by atoms with Gasteiger partial charge in [0.15, 0.2) is 0 Å². The number of anilines is 1. The Morgan fingerprint density at radius 3 is 2.63 bits per heavy atom. The monoisotopic (exact) mass is 323 g/mol. The smallest absolute Gasteiger partial charge is 0.131 e. The van der Waals surface area contributed by atoms with Gasteiger partial charge in [-0.2, -0.15) is 0 Å². The second-order valence-corrected chi connectivity index (χ2v) is 4.94. The van der Waals surface area contributed by atoms with Crippen LogP contribution in [0.3, 0.4) is 0 Å². The topological polar surface area (TPSA) is 12.5 Å². The van der Waals surface area contributed by atoms with Crippen LogP contribution in [-0.2, 0) is 5.33 Å². The average molecular weight is 324 g/mol. The Kier molecular flexibility index (Phi) is 4.43. The van der Waals surface area contributed by atoms with E-state index in [1.165, 1.54) is 12.1 Å². The number of hydrogen-bond donors (Lipinski definition) is 0. The van der Waals surface area contributed by atoms with Gasteiger partial charge in [-0.15, -0.1) is 0 Å². The number of hydrogen-bond acceptors (Lipinski definition) is 2. The molecule has 0 fully saturated rings. The summed E-state index contributed by atoms with van der Waals surface area (Å²) in [4.78, 5) is 2.00. The molecule has 0 atom stereocenters. The van der Waals surface area contributed by atoms with E-state index in [1.807, 2.05) is 43.3 Å². The molecule has 100 valence electrons. The van der Waals surface area contributed by atoms with Gasteiger partial charge in [0, 0.05) is 36.7 Å². The minimum absolute atomic E-state index is 0.260. The van der Waals surface area contributed by atoms with Gasteiger partial charge in [0.25, 0.3) is 0 Å². The number of halogens is 2. The summed E-state index contributed by atoms with van der Waals surface area (Å²) in [5, 5.41) is 0.549. The Balaban J connectivity index is 2.28. The quantitative estimate of drug-likeness (QED) is 0.764. The number of ether oxygens (including phenoxy) is 1. The van der Waals surface area contributed by atoms with Crippen LogP contribution in [0.4, 0.5) is 10.1 Å². The molecule has 0 saturated carbocycles. The van der Waals surface area contributed by atoms with Gasteiger partial charge in [0.1, 0.15) is 17.3 Å². The molecule has 0 bridgehead atoms. The molecule has 4 heteroatoms. The van der Waals surface area contributed by atoms with Gasteiger partial charge in [0.2, 0.25) is 0 Å². The van der Waals surface area contributed by atoms with Crippen molar-refractivity contribution in [3.63, 3.8) is 0 Å². The van der Waals surface area contributed by atoms with E-state index in [4.69, 9.17) is 4.74 Å². The molecular weight excluding hydrogens is 309 g/mol. The van der Waals surface area contributed by atoms with E-state index in [-0.39, 0.29) is 5.82 Å².